The van der Waals surface area contributed by atoms with Crippen LogP contribution in [-0.4, -0.2) is 19.9 Å². The quantitative estimate of drug-likeness (QED) is 0.724. The van der Waals surface area contributed by atoms with Crippen LogP contribution in [0.4, 0.5) is 4.39 Å². The average molecular weight is 289 g/mol. The second-order valence-electron chi connectivity index (χ2n) is 4.33. The van der Waals surface area contributed by atoms with Crippen LogP contribution in [-0.2, 0) is 0 Å². The summed E-state index contributed by atoms with van der Waals surface area (Å²) in [5.41, 5.74) is 7.90. The van der Waals surface area contributed by atoms with E-state index >= 15 is 0 Å². The number of H-pyrrole nitrogens is 1. The second-order valence-corrected chi connectivity index (χ2v) is 5.33. The van der Waals surface area contributed by atoms with Gasteiger partial charge in [0.05, 0.1) is 11.2 Å². The van der Waals surface area contributed by atoms with Crippen molar-refractivity contribution in [1.29, 1.82) is 0 Å². The van der Waals surface area contributed by atoms with E-state index in [4.69, 9.17) is 5.73 Å². The van der Waals surface area contributed by atoms with Gasteiger partial charge in [0.25, 0.3) is 0 Å². The van der Waals surface area contributed by atoms with E-state index in [2.05, 4.69) is 19.9 Å². The number of aromatic nitrogens is 4. The third-order valence-corrected chi connectivity index (χ3v) is 4.01. The van der Waals surface area contributed by atoms with Crippen LogP contribution in [0.3, 0.4) is 0 Å². The summed E-state index contributed by atoms with van der Waals surface area (Å²) in [5, 5.41) is 0.625. The molecule has 1 aromatic carbocycles. The first-order chi connectivity index (χ1) is 9.66. The van der Waals surface area contributed by atoms with Gasteiger partial charge in [0.1, 0.15) is 22.7 Å². The first-order valence-electron chi connectivity index (χ1n) is 6.02. The Morgan fingerprint density at radius 3 is 2.95 bits per heavy atom. The van der Waals surface area contributed by atoms with Crippen molar-refractivity contribution in [2.45, 2.75) is 22.9 Å². The fraction of sp³-hybridized carbons (Fsp3) is 0.154. The lowest BCUT2D eigenvalue weighted by Crippen LogP contribution is -2.07. The van der Waals surface area contributed by atoms with Crippen molar-refractivity contribution in [1.82, 2.24) is 19.9 Å². The molecule has 0 radical (unpaired) electrons. The number of rotatable bonds is 3. The van der Waals surface area contributed by atoms with Crippen molar-refractivity contribution in [2.75, 3.05) is 0 Å². The molecular weight excluding hydrogens is 277 g/mol. The molecule has 5 nitrogen and oxygen atoms in total. The van der Waals surface area contributed by atoms with Gasteiger partial charge in [0.15, 0.2) is 5.65 Å². The van der Waals surface area contributed by atoms with Gasteiger partial charge in [0.2, 0.25) is 0 Å². The molecule has 20 heavy (non-hydrogen) atoms. The Morgan fingerprint density at radius 2 is 2.15 bits per heavy atom. The maximum atomic E-state index is 14.1. The molecule has 0 aliphatic carbocycles. The molecule has 3 aromatic rings. The third kappa shape index (κ3) is 2.25. The minimum atomic E-state index is -0.309. The number of imidazole rings is 1. The molecule has 0 unspecified atom stereocenters. The van der Waals surface area contributed by atoms with Gasteiger partial charge >= 0.3 is 0 Å². The lowest BCUT2D eigenvalue weighted by molar-refractivity contribution is 0.591. The molecule has 102 valence electrons. The molecule has 2 aromatic heterocycles. The van der Waals surface area contributed by atoms with E-state index in [1.54, 1.807) is 6.07 Å². The zero-order chi connectivity index (χ0) is 14.1. The lowest BCUT2D eigenvalue weighted by atomic mass is 10.1. The summed E-state index contributed by atoms with van der Waals surface area (Å²) in [4.78, 5) is 15.7. The molecule has 0 saturated heterocycles. The molecule has 0 amide bonds. The lowest BCUT2D eigenvalue weighted by Gasteiger charge is -2.12. The number of aromatic amines is 1. The van der Waals surface area contributed by atoms with Crippen LogP contribution in [0.2, 0.25) is 0 Å². The van der Waals surface area contributed by atoms with Crippen molar-refractivity contribution in [3.05, 3.63) is 42.2 Å². The van der Waals surface area contributed by atoms with E-state index in [0.29, 0.717) is 21.1 Å². The fourth-order valence-corrected chi connectivity index (χ4v) is 2.99. The maximum Gasteiger partial charge on any atom is 0.181 e. The Balaban J connectivity index is 2.09. The molecule has 3 N–H and O–H groups in total. The Bertz CT molecular complexity index is 755. The molecule has 0 fully saturated rings. The van der Waals surface area contributed by atoms with Gasteiger partial charge in [-0.3, -0.25) is 0 Å². The summed E-state index contributed by atoms with van der Waals surface area (Å²) in [7, 11) is 0. The highest BCUT2D eigenvalue weighted by molar-refractivity contribution is 7.99. The molecule has 0 aliphatic heterocycles. The third-order valence-electron chi connectivity index (χ3n) is 2.87. The van der Waals surface area contributed by atoms with Gasteiger partial charge in [-0.05, 0) is 18.6 Å². The first-order valence-corrected chi connectivity index (χ1v) is 6.84. The molecule has 0 aliphatic rings. The summed E-state index contributed by atoms with van der Waals surface area (Å²) in [6, 6.07) is 4.64. The standard InChI is InChI=1S/C13H12FN5S/c1-7(15)8-3-2-4-9(14)11(8)20-13-10-12(17-5-16-10)18-6-19-13/h2-7H,15H2,1H3,(H,16,17,18,19)/t7-/m1/s1. The van der Waals surface area contributed by atoms with E-state index in [1.807, 2.05) is 13.0 Å². The molecule has 3 rings (SSSR count). The van der Waals surface area contributed by atoms with E-state index in [9.17, 15) is 4.39 Å². The van der Waals surface area contributed by atoms with Gasteiger partial charge < -0.3 is 10.7 Å². The summed E-state index contributed by atoms with van der Waals surface area (Å²) in [5.74, 6) is -0.309. The van der Waals surface area contributed by atoms with Crippen LogP contribution < -0.4 is 5.73 Å². The fourth-order valence-electron chi connectivity index (χ4n) is 1.91. The predicted octanol–water partition coefficient (Wildman–Crippen LogP) is 2.66. The summed E-state index contributed by atoms with van der Waals surface area (Å²) < 4.78 is 14.1. The summed E-state index contributed by atoms with van der Waals surface area (Å²) in [6.45, 7) is 1.82. The van der Waals surface area contributed by atoms with Gasteiger partial charge in [-0.2, -0.15) is 0 Å². The van der Waals surface area contributed by atoms with Crippen molar-refractivity contribution >= 4 is 22.9 Å². The highest BCUT2D eigenvalue weighted by Crippen LogP contribution is 2.35. The molecule has 0 saturated carbocycles. The monoisotopic (exact) mass is 289 g/mol. The normalized spacial score (nSPS) is 12.8. The van der Waals surface area contributed by atoms with Crippen molar-refractivity contribution < 1.29 is 4.39 Å². The zero-order valence-electron chi connectivity index (χ0n) is 10.7. The maximum absolute atomic E-state index is 14.1. The molecule has 0 spiro atoms. The van der Waals surface area contributed by atoms with E-state index < -0.39 is 0 Å². The molecule has 0 bridgehead atoms. The smallest absolute Gasteiger partial charge is 0.181 e. The van der Waals surface area contributed by atoms with Crippen LogP contribution in [0.25, 0.3) is 11.2 Å². The Labute approximate surface area is 118 Å². The topological polar surface area (TPSA) is 80.5 Å². The number of hydrogen-bond acceptors (Lipinski definition) is 5. The minimum Gasteiger partial charge on any atom is -0.341 e. The second kappa shape index (κ2) is 5.18. The Kier molecular flexibility index (Phi) is 3.37. The predicted molar refractivity (Wildman–Crippen MR) is 74.8 cm³/mol. The Hall–Kier alpha value is -1.99. The van der Waals surface area contributed by atoms with E-state index in [0.717, 1.165) is 5.56 Å². The SMILES string of the molecule is C[C@@H](N)c1cccc(F)c1Sc1ncnc2nc[nH]c12. The zero-order valence-corrected chi connectivity index (χ0v) is 11.5. The van der Waals surface area contributed by atoms with Gasteiger partial charge in [-0.1, -0.05) is 23.9 Å². The average Bonchev–Trinajstić information content (AvgIpc) is 2.90. The van der Waals surface area contributed by atoms with Crippen molar-refractivity contribution in [3.63, 3.8) is 0 Å². The van der Waals surface area contributed by atoms with Gasteiger partial charge in [-0.25, -0.2) is 19.3 Å². The van der Waals surface area contributed by atoms with Crippen molar-refractivity contribution in [3.8, 4) is 0 Å². The summed E-state index contributed by atoms with van der Waals surface area (Å²) in [6.07, 6.45) is 2.95. The highest BCUT2D eigenvalue weighted by atomic mass is 32.2. The minimum absolute atomic E-state index is 0.257. The van der Waals surface area contributed by atoms with Crippen LogP contribution in [0.1, 0.15) is 18.5 Å². The van der Waals surface area contributed by atoms with Crippen LogP contribution >= 0.6 is 11.8 Å². The number of halogens is 1. The van der Waals surface area contributed by atoms with Crippen LogP contribution in [0.5, 0.6) is 0 Å². The van der Waals surface area contributed by atoms with Crippen LogP contribution in [0.15, 0.2) is 40.8 Å². The van der Waals surface area contributed by atoms with Gasteiger partial charge in [-0.15, -0.1) is 0 Å². The number of nitrogens with zero attached hydrogens (tertiary/aromatic N) is 3. The first kappa shape index (κ1) is 13.0. The van der Waals surface area contributed by atoms with E-state index in [-0.39, 0.29) is 11.9 Å². The number of nitrogens with one attached hydrogen (secondary N) is 1. The molecule has 1 atom stereocenters. The number of nitrogens with two attached hydrogens (primary N) is 1. The number of hydrogen-bond donors (Lipinski definition) is 2. The largest absolute Gasteiger partial charge is 0.341 e. The summed E-state index contributed by atoms with van der Waals surface area (Å²) >= 11 is 1.23. The number of fused-ring (bicyclic) bond motifs is 1. The van der Waals surface area contributed by atoms with Crippen LogP contribution in [0, 0.1) is 5.82 Å². The molecule has 7 heteroatoms. The molecule has 2 heterocycles. The highest BCUT2D eigenvalue weighted by Gasteiger charge is 2.16. The molecular formula is C13H12FN5S. The number of benzene rings is 1. The van der Waals surface area contributed by atoms with Crippen molar-refractivity contribution in [2.24, 2.45) is 5.73 Å². The Morgan fingerprint density at radius 1 is 1.30 bits per heavy atom. The van der Waals surface area contributed by atoms with E-state index in [1.165, 1.54) is 30.5 Å². The van der Waals surface area contributed by atoms with Gasteiger partial charge in [0, 0.05) is 6.04 Å².